The molecule has 0 radical (unpaired) electrons. The summed E-state index contributed by atoms with van der Waals surface area (Å²) in [7, 11) is -3.80. The molecule has 11 heteroatoms. The number of aliphatic hydroxyl groups is 1. The number of hydrogen-bond acceptors (Lipinski definition) is 9. The molecule has 0 atom stereocenters. The van der Waals surface area contributed by atoms with Crippen LogP contribution in [0.3, 0.4) is 0 Å². The number of nitrogen functional groups attached to an aromatic ring is 1. The lowest BCUT2D eigenvalue weighted by atomic mass is 9.81. The molecule has 176 valence electrons. The fraction of sp³-hybridized carbons (Fsp3) is 0.409. The van der Waals surface area contributed by atoms with Crippen molar-refractivity contribution in [3.8, 4) is 21.8 Å². The first-order valence-corrected chi connectivity index (χ1v) is 12.9. The highest BCUT2D eigenvalue weighted by Crippen LogP contribution is 2.32. The van der Waals surface area contributed by atoms with E-state index in [0.29, 0.717) is 43.0 Å². The van der Waals surface area contributed by atoms with Crippen LogP contribution in [-0.2, 0) is 14.8 Å². The van der Waals surface area contributed by atoms with E-state index >= 15 is 0 Å². The normalized spacial score (nSPS) is 16.1. The van der Waals surface area contributed by atoms with Gasteiger partial charge in [-0.3, -0.25) is 0 Å². The fourth-order valence-electron chi connectivity index (χ4n) is 3.75. The number of benzene rings is 1. The average Bonchev–Trinajstić information content (AvgIpc) is 3.25. The minimum atomic E-state index is -3.80. The van der Waals surface area contributed by atoms with Gasteiger partial charge in [-0.2, -0.15) is 0 Å². The number of aliphatic hydroxyl groups excluding tert-OH is 1. The van der Waals surface area contributed by atoms with Crippen LogP contribution in [0.5, 0.6) is 0 Å². The Hall–Kier alpha value is -2.44. The highest BCUT2D eigenvalue weighted by atomic mass is 32.2. The first-order valence-electron chi connectivity index (χ1n) is 10.6. The number of aryl methyl sites for hydroxylation is 2. The molecule has 33 heavy (non-hydrogen) atoms. The first kappa shape index (κ1) is 23.7. The minimum absolute atomic E-state index is 0.0983. The number of aromatic nitrogens is 3. The van der Waals surface area contributed by atoms with Crippen molar-refractivity contribution in [1.82, 2.24) is 19.7 Å². The largest absolute Gasteiger partial charge is 0.396 e. The summed E-state index contributed by atoms with van der Waals surface area (Å²) in [6.07, 6.45) is 4.45. The van der Waals surface area contributed by atoms with Crippen molar-refractivity contribution in [2.45, 2.75) is 31.6 Å². The number of anilines is 1. The summed E-state index contributed by atoms with van der Waals surface area (Å²) in [5.41, 5.74) is 8.09. The summed E-state index contributed by atoms with van der Waals surface area (Å²) >= 11 is 1.46. The molecule has 0 bridgehead atoms. The van der Waals surface area contributed by atoms with Crippen LogP contribution in [-0.4, -0.2) is 54.8 Å². The van der Waals surface area contributed by atoms with Crippen molar-refractivity contribution in [1.29, 1.82) is 0 Å². The van der Waals surface area contributed by atoms with E-state index in [-0.39, 0.29) is 23.9 Å². The van der Waals surface area contributed by atoms with Gasteiger partial charge in [0, 0.05) is 36.9 Å². The number of nitrogens with one attached hydrogen (secondary N) is 1. The van der Waals surface area contributed by atoms with E-state index in [0.717, 1.165) is 15.4 Å². The summed E-state index contributed by atoms with van der Waals surface area (Å²) in [5.74, 6) is 0.288. The van der Waals surface area contributed by atoms with E-state index < -0.39 is 15.4 Å². The highest BCUT2D eigenvalue weighted by molar-refractivity contribution is 7.89. The third-order valence-electron chi connectivity index (χ3n) is 5.98. The minimum Gasteiger partial charge on any atom is -0.396 e. The Morgan fingerprint density at radius 2 is 1.97 bits per heavy atom. The monoisotopic (exact) mass is 489 g/mol. The summed E-state index contributed by atoms with van der Waals surface area (Å²) in [5, 5.41) is 10.7. The second-order valence-corrected chi connectivity index (χ2v) is 11.3. The van der Waals surface area contributed by atoms with Gasteiger partial charge in [0.15, 0.2) is 5.82 Å². The zero-order chi connectivity index (χ0) is 23.6. The van der Waals surface area contributed by atoms with Crippen LogP contribution >= 0.6 is 11.3 Å². The number of nitrogens with two attached hydrogens (primary N) is 1. The Kier molecular flexibility index (Phi) is 6.78. The Balaban J connectivity index is 1.64. The molecule has 4 rings (SSSR count). The lowest BCUT2D eigenvalue weighted by Crippen LogP contribution is -2.43. The second kappa shape index (κ2) is 9.43. The van der Waals surface area contributed by atoms with Crippen molar-refractivity contribution in [2.75, 3.05) is 32.1 Å². The molecule has 0 unspecified atom stereocenters. The molecule has 1 fully saturated rings. The molecule has 0 spiro atoms. The molecule has 2 aromatic heterocycles. The molecule has 1 aliphatic heterocycles. The maximum absolute atomic E-state index is 13.1. The van der Waals surface area contributed by atoms with Crippen LogP contribution in [0.2, 0.25) is 0 Å². The lowest BCUT2D eigenvalue weighted by Gasteiger charge is -2.35. The van der Waals surface area contributed by atoms with E-state index in [1.165, 1.54) is 11.3 Å². The number of thiazole rings is 1. The number of nitrogens with zero attached hydrogens (tertiary/aromatic N) is 3. The molecule has 1 aromatic carbocycles. The molecule has 4 N–H and O–H groups in total. The Bertz CT molecular complexity index is 1250. The maximum Gasteiger partial charge on any atom is 0.240 e. The molecule has 0 saturated carbocycles. The Labute approximate surface area is 197 Å². The van der Waals surface area contributed by atoms with E-state index in [1.54, 1.807) is 30.6 Å². The second-order valence-electron chi connectivity index (χ2n) is 8.30. The van der Waals surface area contributed by atoms with Crippen molar-refractivity contribution < 1.29 is 18.3 Å². The van der Waals surface area contributed by atoms with Crippen molar-refractivity contribution in [3.05, 3.63) is 41.2 Å². The molecular weight excluding hydrogens is 462 g/mol. The molecule has 3 heterocycles. The van der Waals surface area contributed by atoms with Gasteiger partial charge in [-0.1, -0.05) is 6.07 Å². The van der Waals surface area contributed by atoms with Crippen molar-refractivity contribution >= 4 is 27.2 Å². The van der Waals surface area contributed by atoms with Gasteiger partial charge in [-0.15, -0.1) is 11.3 Å². The maximum atomic E-state index is 13.1. The molecule has 0 aliphatic carbocycles. The van der Waals surface area contributed by atoms with Gasteiger partial charge < -0.3 is 15.6 Å². The topological polar surface area (TPSA) is 140 Å². The van der Waals surface area contributed by atoms with Gasteiger partial charge >= 0.3 is 0 Å². The zero-order valence-electron chi connectivity index (χ0n) is 18.5. The first-order chi connectivity index (χ1) is 15.7. The summed E-state index contributed by atoms with van der Waals surface area (Å²) in [6.45, 7) is 4.85. The van der Waals surface area contributed by atoms with Gasteiger partial charge in [0.05, 0.1) is 33.3 Å². The predicted molar refractivity (Wildman–Crippen MR) is 127 cm³/mol. The quantitative estimate of drug-likeness (QED) is 0.460. The van der Waals surface area contributed by atoms with Crippen LogP contribution in [0.25, 0.3) is 21.8 Å². The van der Waals surface area contributed by atoms with E-state index in [9.17, 15) is 13.5 Å². The van der Waals surface area contributed by atoms with Crippen LogP contribution in [0, 0.1) is 19.3 Å². The standard InChI is InChI=1S/C22H27N5O4S2/c1-14-3-4-16(33(29,30)26-12-22(13-28)5-7-31-8-6-22)9-17(14)18-10-25-21(23)20(27-18)19-11-24-15(2)32-19/h3-4,9-11,26,28H,5-8,12-13H2,1-2H3,(H2,23,25). The smallest absolute Gasteiger partial charge is 0.240 e. The number of sulfonamides is 1. The SMILES string of the molecule is Cc1ncc(-c2nc(-c3cc(S(=O)(=O)NCC4(CO)CCOCC4)ccc3C)cnc2N)s1. The van der Waals surface area contributed by atoms with E-state index in [4.69, 9.17) is 10.5 Å². The third kappa shape index (κ3) is 5.07. The third-order valence-corrected chi connectivity index (χ3v) is 8.30. The molecule has 1 aliphatic rings. The van der Waals surface area contributed by atoms with Crippen LogP contribution in [0.15, 0.2) is 35.5 Å². The molecule has 3 aromatic rings. The number of hydrogen-bond donors (Lipinski definition) is 3. The van der Waals surface area contributed by atoms with Crippen LogP contribution < -0.4 is 10.5 Å². The average molecular weight is 490 g/mol. The van der Waals surface area contributed by atoms with Crippen LogP contribution in [0.4, 0.5) is 5.82 Å². The van der Waals surface area contributed by atoms with Crippen molar-refractivity contribution in [2.24, 2.45) is 5.41 Å². The van der Waals surface area contributed by atoms with E-state index in [2.05, 4.69) is 19.7 Å². The molecule has 0 amide bonds. The number of ether oxygens (including phenoxy) is 1. The van der Waals surface area contributed by atoms with Crippen molar-refractivity contribution in [3.63, 3.8) is 0 Å². The van der Waals surface area contributed by atoms with Gasteiger partial charge in [0.2, 0.25) is 10.0 Å². The van der Waals surface area contributed by atoms with Gasteiger partial charge in [-0.05, 0) is 44.4 Å². The lowest BCUT2D eigenvalue weighted by molar-refractivity contribution is -0.0126. The number of rotatable bonds is 7. The summed E-state index contributed by atoms with van der Waals surface area (Å²) < 4.78 is 34.2. The fourth-order valence-corrected chi connectivity index (χ4v) is 5.71. The van der Waals surface area contributed by atoms with Crippen LogP contribution in [0.1, 0.15) is 23.4 Å². The highest BCUT2D eigenvalue weighted by Gasteiger charge is 2.33. The zero-order valence-corrected chi connectivity index (χ0v) is 20.2. The Morgan fingerprint density at radius 1 is 1.21 bits per heavy atom. The van der Waals surface area contributed by atoms with Gasteiger partial charge in [-0.25, -0.2) is 28.1 Å². The predicted octanol–water partition coefficient (Wildman–Crippen LogP) is 2.53. The molecular formula is C22H27N5O4S2. The Morgan fingerprint density at radius 3 is 2.64 bits per heavy atom. The van der Waals surface area contributed by atoms with Gasteiger partial charge in [0.25, 0.3) is 0 Å². The molecule has 1 saturated heterocycles. The van der Waals surface area contributed by atoms with Gasteiger partial charge in [0.1, 0.15) is 5.69 Å². The summed E-state index contributed by atoms with van der Waals surface area (Å²) in [4.78, 5) is 14.1. The van der Waals surface area contributed by atoms with E-state index in [1.807, 2.05) is 13.8 Å². The summed E-state index contributed by atoms with van der Waals surface area (Å²) in [6, 6.07) is 4.90. The molecule has 9 nitrogen and oxygen atoms in total.